The van der Waals surface area contributed by atoms with E-state index in [0.29, 0.717) is 67.4 Å². The lowest BCUT2D eigenvalue weighted by molar-refractivity contribution is -0.257. The largest absolute Gasteiger partial charge is 0.497 e. The minimum absolute atomic E-state index is 0.0659. The van der Waals surface area contributed by atoms with Gasteiger partial charge in [-0.2, -0.15) is 0 Å². The van der Waals surface area contributed by atoms with Gasteiger partial charge in [-0.3, -0.25) is 9.59 Å². The number of methoxy groups -OCH3 is 1. The normalized spacial score (nSPS) is 23.6. The number of aldehydes is 1. The van der Waals surface area contributed by atoms with Crippen molar-refractivity contribution in [2.75, 3.05) is 40.1 Å². The van der Waals surface area contributed by atoms with Crippen molar-refractivity contribution in [2.45, 2.75) is 89.4 Å². The van der Waals surface area contributed by atoms with Crippen molar-refractivity contribution in [1.29, 1.82) is 0 Å². The summed E-state index contributed by atoms with van der Waals surface area (Å²) in [5, 5.41) is 24.6. The Bertz CT molecular complexity index is 1960. The van der Waals surface area contributed by atoms with Crippen molar-refractivity contribution >= 4 is 17.9 Å². The molecule has 1 fully saturated rings. The molecule has 6 atom stereocenters. The lowest BCUT2D eigenvalue weighted by Gasteiger charge is -2.60. The van der Waals surface area contributed by atoms with Gasteiger partial charge in [-0.1, -0.05) is 61.3 Å². The molecule has 316 valence electrons. The first-order chi connectivity index (χ1) is 28.8. The summed E-state index contributed by atoms with van der Waals surface area (Å²) in [6, 6.07) is 19.9. The van der Waals surface area contributed by atoms with Gasteiger partial charge < -0.3 is 38.9 Å². The molecule has 6 rings (SSSR count). The van der Waals surface area contributed by atoms with Crippen LogP contribution in [0.2, 0.25) is 0 Å². The quantitative estimate of drug-likeness (QED) is 0.0444. The summed E-state index contributed by atoms with van der Waals surface area (Å²) in [4.78, 5) is 34.2. The first-order valence-electron chi connectivity index (χ1n) is 21.2. The van der Waals surface area contributed by atoms with Crippen LogP contribution >= 0.6 is 0 Å². The van der Waals surface area contributed by atoms with E-state index in [1.807, 2.05) is 60.4 Å². The molecule has 2 N–H and O–H groups in total. The Hall–Kier alpha value is -4.97. The fourth-order valence-corrected chi connectivity index (χ4v) is 9.40. The monoisotopic (exact) mass is 808 g/mol. The number of fused-ring (bicyclic) bond motifs is 2. The van der Waals surface area contributed by atoms with Gasteiger partial charge in [0, 0.05) is 43.2 Å². The molecule has 11 heteroatoms. The molecular weight excluding hydrogens is 749 g/mol. The van der Waals surface area contributed by atoms with E-state index >= 15 is 0 Å². The second kappa shape index (κ2) is 20.8. The molecule has 0 radical (unpaired) electrons. The first kappa shape index (κ1) is 43.6. The average Bonchev–Trinajstić information content (AvgIpc) is 3.25. The maximum atomic E-state index is 14.8. The SMILES string of the molecule is C=CCO[C@@]12Oc3ccc(Oc4cccc(C=O)c4)cc3[C@H]3[C@H](CCCCO)[C@@H](CCCCO)C=C(C(=NOCC)C[C@@H]1N(CCC)C(=O)Cc1cccc(OC)c1)[C@H]32. The van der Waals surface area contributed by atoms with Crippen LogP contribution in [-0.4, -0.2) is 84.9 Å². The minimum Gasteiger partial charge on any atom is -0.497 e. The molecule has 3 aliphatic rings. The highest BCUT2D eigenvalue weighted by atomic mass is 16.7. The zero-order valence-corrected chi connectivity index (χ0v) is 34.7. The fourth-order valence-electron chi connectivity index (χ4n) is 9.40. The minimum atomic E-state index is -1.35. The number of benzene rings is 3. The molecule has 0 spiro atoms. The van der Waals surface area contributed by atoms with Gasteiger partial charge in [0.2, 0.25) is 11.7 Å². The molecule has 1 saturated carbocycles. The van der Waals surface area contributed by atoms with E-state index in [0.717, 1.165) is 54.4 Å². The lowest BCUT2D eigenvalue weighted by Crippen LogP contribution is -2.70. The van der Waals surface area contributed by atoms with Crippen LogP contribution in [0, 0.1) is 17.8 Å². The number of carbonyl (C=O) groups is 2. The highest BCUT2D eigenvalue weighted by Crippen LogP contribution is 2.62. The topological polar surface area (TPSA) is 136 Å². The molecule has 0 saturated heterocycles. The zero-order chi connectivity index (χ0) is 41.8. The second-order valence-corrected chi connectivity index (χ2v) is 15.6. The summed E-state index contributed by atoms with van der Waals surface area (Å²) in [7, 11) is 1.62. The lowest BCUT2D eigenvalue weighted by atomic mass is 9.55. The Morgan fingerprint density at radius 2 is 1.75 bits per heavy atom. The maximum Gasteiger partial charge on any atom is 0.239 e. The summed E-state index contributed by atoms with van der Waals surface area (Å²) >= 11 is 0. The van der Waals surface area contributed by atoms with E-state index in [-0.39, 0.29) is 49.9 Å². The number of aliphatic hydroxyl groups is 2. The van der Waals surface area contributed by atoms with Crippen LogP contribution in [0.25, 0.3) is 0 Å². The van der Waals surface area contributed by atoms with Gasteiger partial charge in [0.05, 0.1) is 31.8 Å². The van der Waals surface area contributed by atoms with Crippen molar-refractivity contribution in [3.63, 3.8) is 0 Å². The fraction of sp³-hybridized carbons (Fsp3) is 0.479. The summed E-state index contributed by atoms with van der Waals surface area (Å²) in [5.41, 5.74) is 4.03. The molecule has 11 nitrogen and oxygen atoms in total. The van der Waals surface area contributed by atoms with Crippen LogP contribution < -0.4 is 14.2 Å². The summed E-state index contributed by atoms with van der Waals surface area (Å²) in [6.07, 6.45) is 10.7. The highest BCUT2D eigenvalue weighted by Gasteiger charge is 2.65. The van der Waals surface area contributed by atoms with Crippen molar-refractivity contribution in [2.24, 2.45) is 22.9 Å². The molecule has 3 aromatic rings. The number of hydrogen-bond acceptors (Lipinski definition) is 10. The number of hydrogen-bond donors (Lipinski definition) is 2. The predicted octanol–water partition coefficient (Wildman–Crippen LogP) is 8.43. The predicted molar refractivity (Wildman–Crippen MR) is 227 cm³/mol. The van der Waals surface area contributed by atoms with Crippen molar-refractivity contribution in [1.82, 2.24) is 4.90 Å². The van der Waals surface area contributed by atoms with Crippen LogP contribution in [0.3, 0.4) is 0 Å². The van der Waals surface area contributed by atoms with Gasteiger partial charge in [0.25, 0.3) is 0 Å². The van der Waals surface area contributed by atoms with E-state index in [9.17, 15) is 19.8 Å². The number of nitrogens with zero attached hydrogens (tertiary/aromatic N) is 2. The second-order valence-electron chi connectivity index (χ2n) is 15.6. The van der Waals surface area contributed by atoms with E-state index in [2.05, 4.69) is 19.6 Å². The smallest absolute Gasteiger partial charge is 0.239 e. The molecule has 1 heterocycles. The molecule has 59 heavy (non-hydrogen) atoms. The standard InChI is InChI=1S/C48H60N2O9/c1-5-22-50(45(54)28-33-14-12-17-36(26-33)55-4)44-31-42(49-57-7-3)40-29-35(16-8-10-23-51)39(19-9-11-24-52)46-41-30-38(58-37-18-13-15-34(27-37)32-53)20-21-43(41)59-48(44,47(40)46)56-25-6-2/h6,12-15,17-18,20-21,26-27,29-30,32,35,39,44,46-47,51-52H,2,5,7-11,16,19,22-25,28,31H2,1,3-4H3/t35-,39+,44-,46+,47+,48+/m0/s1. The number of allylic oxidation sites excluding steroid dienone is 1. The van der Waals surface area contributed by atoms with Crippen LogP contribution in [-0.2, 0) is 20.8 Å². The van der Waals surface area contributed by atoms with Gasteiger partial charge in [0.15, 0.2) is 0 Å². The average molecular weight is 809 g/mol. The summed E-state index contributed by atoms with van der Waals surface area (Å²) in [5.74, 6) is 0.556. The number of amides is 1. The van der Waals surface area contributed by atoms with E-state index in [1.165, 1.54) is 0 Å². The highest BCUT2D eigenvalue weighted by molar-refractivity contribution is 6.03. The molecule has 1 amide bonds. The molecule has 0 aromatic heterocycles. The molecular formula is C48H60N2O9. The van der Waals surface area contributed by atoms with Gasteiger partial charge >= 0.3 is 0 Å². The van der Waals surface area contributed by atoms with Crippen LogP contribution in [0.4, 0.5) is 0 Å². The number of unbranched alkanes of at least 4 members (excludes halogenated alkanes) is 2. The number of rotatable bonds is 22. The van der Waals surface area contributed by atoms with E-state index < -0.39 is 17.7 Å². The Labute approximate surface area is 348 Å². The third kappa shape index (κ3) is 9.75. The zero-order valence-electron chi connectivity index (χ0n) is 34.7. The number of carbonyl (C=O) groups excluding carboxylic acids is 2. The van der Waals surface area contributed by atoms with Crippen LogP contribution in [0.15, 0.2) is 96.2 Å². The molecule has 0 unspecified atom stereocenters. The first-order valence-corrected chi connectivity index (χ1v) is 21.2. The van der Waals surface area contributed by atoms with Crippen molar-refractivity contribution < 1.29 is 43.6 Å². The Balaban J connectivity index is 1.57. The van der Waals surface area contributed by atoms with Crippen LogP contribution in [0.1, 0.15) is 92.6 Å². The maximum absolute atomic E-state index is 14.8. The van der Waals surface area contributed by atoms with Gasteiger partial charge in [-0.25, -0.2) is 0 Å². The molecule has 2 aliphatic carbocycles. The van der Waals surface area contributed by atoms with Crippen molar-refractivity contribution in [3.05, 3.63) is 108 Å². The number of oxime groups is 1. The van der Waals surface area contributed by atoms with E-state index in [4.69, 9.17) is 28.9 Å². The van der Waals surface area contributed by atoms with Crippen molar-refractivity contribution in [3.8, 4) is 23.0 Å². The molecule has 1 aliphatic heterocycles. The molecule has 3 aromatic carbocycles. The van der Waals surface area contributed by atoms with Crippen LogP contribution in [0.5, 0.6) is 23.0 Å². The number of ether oxygens (including phenoxy) is 4. The van der Waals surface area contributed by atoms with Gasteiger partial charge in [-0.05, 0) is 104 Å². The Morgan fingerprint density at radius 3 is 2.47 bits per heavy atom. The Kier molecular flexibility index (Phi) is 15.4. The van der Waals surface area contributed by atoms with Gasteiger partial charge in [-0.15, -0.1) is 6.58 Å². The third-order valence-electron chi connectivity index (χ3n) is 11.8. The Morgan fingerprint density at radius 1 is 0.983 bits per heavy atom. The number of aliphatic hydroxyl groups excluding tert-OH is 2. The summed E-state index contributed by atoms with van der Waals surface area (Å²) < 4.78 is 26.3. The molecule has 0 bridgehead atoms. The third-order valence-corrected chi connectivity index (χ3v) is 11.8. The summed E-state index contributed by atoms with van der Waals surface area (Å²) in [6.45, 7) is 9.21. The van der Waals surface area contributed by atoms with E-state index in [1.54, 1.807) is 31.4 Å². The van der Waals surface area contributed by atoms with Gasteiger partial charge in [0.1, 0.15) is 41.9 Å².